The van der Waals surface area contributed by atoms with E-state index in [-0.39, 0.29) is 35.6 Å². The number of fused-ring (bicyclic) bond motifs is 3. The van der Waals surface area contributed by atoms with Crippen LogP contribution in [0.2, 0.25) is 0 Å². The van der Waals surface area contributed by atoms with Gasteiger partial charge in [-0.2, -0.15) is 6.08 Å². The van der Waals surface area contributed by atoms with Crippen molar-refractivity contribution in [1.29, 1.82) is 0 Å². The fourth-order valence-electron chi connectivity index (χ4n) is 4.86. The second kappa shape index (κ2) is 15.9. The van der Waals surface area contributed by atoms with Gasteiger partial charge in [0, 0.05) is 0 Å². The molecule has 0 spiro atoms. The average Bonchev–Trinajstić information content (AvgIpc) is 3.64. The van der Waals surface area contributed by atoms with Crippen molar-refractivity contribution in [2.45, 2.75) is 58.8 Å². The Morgan fingerprint density at radius 3 is 1.74 bits per heavy atom. The first kappa shape index (κ1) is 35.8. The van der Waals surface area contributed by atoms with Gasteiger partial charge in [0.1, 0.15) is 0 Å². The van der Waals surface area contributed by atoms with Crippen LogP contribution in [0, 0.1) is 6.08 Å². The summed E-state index contributed by atoms with van der Waals surface area (Å²) in [5.41, 5.74) is 5.88. The van der Waals surface area contributed by atoms with Gasteiger partial charge in [0.2, 0.25) is 0 Å². The SMILES string of the molecule is CC(C)(C)c1ccc2[cH-]c3c(C(C)(C)C)cccc3c2c1.[C-]1=CC=CC1.[Cl-].[Cl-].[Zr+2]=[C](c1ccccc1)c1ccccc1. The van der Waals surface area contributed by atoms with Crippen molar-refractivity contribution in [3.8, 4) is 0 Å². The van der Waals surface area contributed by atoms with Crippen molar-refractivity contribution >= 4 is 24.8 Å². The van der Waals surface area contributed by atoms with E-state index in [0.717, 1.165) is 6.42 Å². The predicted octanol–water partition coefficient (Wildman–Crippen LogP) is 4.42. The zero-order chi connectivity index (χ0) is 28.8. The van der Waals surface area contributed by atoms with Crippen molar-refractivity contribution in [3.63, 3.8) is 0 Å². The van der Waals surface area contributed by atoms with E-state index in [2.05, 4.69) is 157 Å². The van der Waals surface area contributed by atoms with Crippen LogP contribution in [0.5, 0.6) is 0 Å². The van der Waals surface area contributed by atoms with E-state index in [1.165, 1.54) is 71.2 Å². The summed E-state index contributed by atoms with van der Waals surface area (Å²) in [6.45, 7) is 13.7. The van der Waals surface area contributed by atoms with Crippen molar-refractivity contribution < 1.29 is 49.0 Å². The first-order valence-electron chi connectivity index (χ1n) is 14.1. The Balaban J connectivity index is 0.000000253. The molecule has 0 saturated carbocycles. The average molecular weight is 671 g/mol. The third kappa shape index (κ3) is 9.28. The summed E-state index contributed by atoms with van der Waals surface area (Å²) >= 11 is 1.46. The fourth-order valence-corrected chi connectivity index (χ4v) is 5.68. The summed E-state index contributed by atoms with van der Waals surface area (Å²) in [5, 5.41) is 5.55. The van der Waals surface area contributed by atoms with Gasteiger partial charge in [0.15, 0.2) is 0 Å². The molecule has 0 amide bonds. The molecule has 1 aliphatic carbocycles. The molecule has 5 aromatic rings. The summed E-state index contributed by atoms with van der Waals surface area (Å²) in [6, 6.07) is 37.1. The van der Waals surface area contributed by atoms with Gasteiger partial charge in [-0.1, -0.05) is 83.0 Å². The minimum atomic E-state index is 0. The van der Waals surface area contributed by atoms with Crippen LogP contribution >= 0.6 is 0 Å². The van der Waals surface area contributed by atoms with Gasteiger partial charge < -0.3 is 24.8 Å². The second-order valence-electron chi connectivity index (χ2n) is 12.3. The van der Waals surface area contributed by atoms with Crippen LogP contribution in [-0.2, 0) is 35.1 Å². The molecule has 0 unspecified atom stereocenters. The quantitative estimate of drug-likeness (QED) is 0.244. The third-order valence-corrected chi connectivity index (χ3v) is 8.55. The van der Waals surface area contributed by atoms with Crippen LogP contribution in [0.1, 0.15) is 70.2 Å². The van der Waals surface area contributed by atoms with Crippen LogP contribution in [0.25, 0.3) is 21.5 Å². The summed E-state index contributed by atoms with van der Waals surface area (Å²) in [7, 11) is 0. The first-order valence-corrected chi connectivity index (χ1v) is 15.3. The van der Waals surface area contributed by atoms with E-state index in [9.17, 15) is 0 Å². The molecule has 42 heavy (non-hydrogen) atoms. The molecule has 0 heterocycles. The summed E-state index contributed by atoms with van der Waals surface area (Å²) in [4.78, 5) is 0. The predicted molar refractivity (Wildman–Crippen MR) is 172 cm³/mol. The van der Waals surface area contributed by atoms with E-state index in [4.69, 9.17) is 0 Å². The van der Waals surface area contributed by atoms with Crippen molar-refractivity contribution in [1.82, 2.24) is 0 Å². The number of rotatable bonds is 2. The maximum atomic E-state index is 2.99. The van der Waals surface area contributed by atoms with E-state index in [0.29, 0.717) is 0 Å². The van der Waals surface area contributed by atoms with Crippen molar-refractivity contribution in [2.75, 3.05) is 0 Å². The Morgan fingerprint density at radius 1 is 0.690 bits per heavy atom. The van der Waals surface area contributed by atoms with E-state index < -0.39 is 0 Å². The van der Waals surface area contributed by atoms with Gasteiger partial charge in [-0.25, -0.2) is 12.2 Å². The first-order chi connectivity index (χ1) is 19.1. The number of halogens is 2. The molecule has 3 heteroatoms. The van der Waals surface area contributed by atoms with Crippen LogP contribution in [0.3, 0.4) is 0 Å². The number of benzene rings is 4. The Bertz CT molecular complexity index is 1580. The molecule has 0 bridgehead atoms. The van der Waals surface area contributed by atoms with Crippen LogP contribution < -0.4 is 24.8 Å². The molecule has 5 aromatic carbocycles. The van der Waals surface area contributed by atoms with E-state index in [1.807, 2.05) is 12.2 Å². The standard InChI is InChI=1S/C21H25.C13H10.C5H5.2ClH.Zr/c1-20(2,3)15-11-10-14-12-18-16(17(14)13-15)8-7-9-19(18)21(4,5)6;1-3-7-12(8-4-1)11-13-9-5-2-6-10-13;1-2-4-5-3-1;;;/h7-13H,1-6H3;1-10H;1-3H,4H2;2*1H;/q-1;;-1;;;+2/p-2. The Labute approximate surface area is 280 Å². The minimum absolute atomic E-state index is 0. The molecule has 0 aromatic heterocycles. The molecule has 0 N–H and O–H groups in total. The van der Waals surface area contributed by atoms with Gasteiger partial charge in [-0.3, -0.25) is 6.08 Å². The molecule has 0 radical (unpaired) electrons. The maximum absolute atomic E-state index is 2.99. The molecule has 0 aliphatic heterocycles. The molecular weight excluding hydrogens is 631 g/mol. The van der Waals surface area contributed by atoms with E-state index >= 15 is 0 Å². The van der Waals surface area contributed by atoms with Crippen LogP contribution in [0.15, 0.2) is 121 Å². The Hall–Kier alpha value is -2.44. The third-order valence-electron chi connectivity index (χ3n) is 7.13. The monoisotopic (exact) mass is 668 g/mol. The molecular formula is C39H40Cl2Zr-2. The zero-order valence-electron chi connectivity index (χ0n) is 25.5. The van der Waals surface area contributed by atoms with Crippen LogP contribution in [0.4, 0.5) is 0 Å². The normalized spacial score (nSPS) is 12.0. The number of hydrogen-bond donors (Lipinski definition) is 0. The molecule has 0 atom stereocenters. The van der Waals surface area contributed by atoms with Gasteiger partial charge in [-0.15, -0.1) is 40.1 Å². The topological polar surface area (TPSA) is 0 Å². The Kier molecular flexibility index (Phi) is 13.5. The molecule has 0 fully saturated rings. The van der Waals surface area contributed by atoms with Gasteiger partial charge in [0.25, 0.3) is 0 Å². The molecule has 1 aliphatic rings. The Morgan fingerprint density at radius 2 is 1.29 bits per heavy atom. The molecule has 0 saturated heterocycles. The van der Waals surface area contributed by atoms with E-state index in [1.54, 1.807) is 0 Å². The van der Waals surface area contributed by atoms with Crippen LogP contribution in [-0.4, -0.2) is 3.21 Å². The summed E-state index contributed by atoms with van der Waals surface area (Å²) in [5.74, 6) is 0. The summed E-state index contributed by atoms with van der Waals surface area (Å²) in [6.07, 6.45) is 10.0. The molecule has 0 nitrogen and oxygen atoms in total. The van der Waals surface area contributed by atoms with Gasteiger partial charge in [-0.05, 0) is 10.8 Å². The van der Waals surface area contributed by atoms with Crippen molar-refractivity contribution in [3.05, 3.63) is 150 Å². The molecule has 216 valence electrons. The van der Waals surface area contributed by atoms with Crippen molar-refractivity contribution in [2.24, 2.45) is 0 Å². The number of allylic oxidation sites excluding steroid dienone is 4. The second-order valence-corrected chi connectivity index (χ2v) is 13.6. The fraction of sp³-hybridized carbons (Fsp3) is 0.231. The number of hydrogen-bond acceptors (Lipinski definition) is 0. The molecule has 6 rings (SSSR count). The van der Waals surface area contributed by atoms with Gasteiger partial charge >= 0.3 is 99.2 Å². The summed E-state index contributed by atoms with van der Waals surface area (Å²) < 4.78 is 1.42. The zero-order valence-corrected chi connectivity index (χ0v) is 29.5. The van der Waals surface area contributed by atoms with Gasteiger partial charge in [0.05, 0.1) is 0 Å².